The number of benzene rings is 1. The Morgan fingerprint density at radius 1 is 1.29 bits per heavy atom. The van der Waals surface area contributed by atoms with Gasteiger partial charge in [-0.25, -0.2) is 14.3 Å². The number of amides is 1. The number of rotatable bonds is 5. The van der Waals surface area contributed by atoms with E-state index in [4.69, 9.17) is 4.74 Å². The fourth-order valence-corrected chi connectivity index (χ4v) is 3.17. The molecular weight excluding hydrogens is 382 g/mol. The predicted octanol–water partition coefficient (Wildman–Crippen LogP) is 2.60. The summed E-state index contributed by atoms with van der Waals surface area (Å²) in [4.78, 5) is 23.8. The molecule has 2 N–H and O–H groups in total. The molecule has 1 aromatic heterocycles. The zero-order valence-electron chi connectivity index (χ0n) is 12.4. The van der Waals surface area contributed by atoms with Crippen LogP contribution in [0.1, 0.15) is 22.0 Å². The minimum absolute atomic E-state index is 0.0511. The van der Waals surface area contributed by atoms with Gasteiger partial charge < -0.3 is 14.9 Å². The second-order valence-electron chi connectivity index (χ2n) is 5.29. The standard InChI is InChI=1S/C15H14BrN3O5/c16-12-11(14(20)21)13-18(15(22)23)6-10(19(13)17-12)8-24-7-9-4-2-1-3-5-9/h1-5,10H,6-8H2,(H,20,21)(H,22,23). The van der Waals surface area contributed by atoms with Crippen LogP contribution in [0.5, 0.6) is 0 Å². The van der Waals surface area contributed by atoms with Crippen molar-refractivity contribution in [1.82, 2.24) is 9.78 Å². The maximum absolute atomic E-state index is 11.4. The molecule has 0 saturated heterocycles. The molecule has 24 heavy (non-hydrogen) atoms. The second kappa shape index (κ2) is 6.62. The predicted molar refractivity (Wildman–Crippen MR) is 87.4 cm³/mol. The summed E-state index contributed by atoms with van der Waals surface area (Å²) in [7, 11) is 0. The number of nitrogens with zero attached hydrogens (tertiary/aromatic N) is 3. The Morgan fingerprint density at radius 3 is 2.62 bits per heavy atom. The van der Waals surface area contributed by atoms with Gasteiger partial charge in [0.05, 0.1) is 25.8 Å². The van der Waals surface area contributed by atoms with Crippen molar-refractivity contribution in [1.29, 1.82) is 0 Å². The van der Waals surface area contributed by atoms with Crippen molar-refractivity contribution in [2.45, 2.75) is 12.6 Å². The number of ether oxygens (including phenoxy) is 1. The van der Waals surface area contributed by atoms with E-state index in [9.17, 15) is 19.8 Å². The summed E-state index contributed by atoms with van der Waals surface area (Å²) in [5.41, 5.74) is 0.835. The quantitative estimate of drug-likeness (QED) is 0.805. The summed E-state index contributed by atoms with van der Waals surface area (Å²) in [6.07, 6.45) is -1.23. The van der Waals surface area contributed by atoms with Gasteiger partial charge in [0.15, 0.2) is 5.82 Å². The first-order valence-electron chi connectivity index (χ1n) is 7.12. The molecule has 1 aliphatic rings. The van der Waals surface area contributed by atoms with E-state index in [2.05, 4.69) is 21.0 Å². The average molecular weight is 396 g/mol. The van der Waals surface area contributed by atoms with E-state index in [0.717, 1.165) is 10.5 Å². The molecule has 1 aromatic carbocycles. The number of aromatic nitrogens is 2. The summed E-state index contributed by atoms with van der Waals surface area (Å²) in [6, 6.07) is 9.19. The molecule has 1 atom stereocenters. The van der Waals surface area contributed by atoms with Crippen LogP contribution in [-0.2, 0) is 11.3 Å². The Labute approximate surface area is 145 Å². The molecule has 2 heterocycles. The van der Waals surface area contributed by atoms with Crippen molar-refractivity contribution >= 4 is 33.8 Å². The lowest BCUT2D eigenvalue weighted by molar-refractivity contribution is 0.0696. The van der Waals surface area contributed by atoms with Gasteiger partial charge >= 0.3 is 12.1 Å². The molecular formula is C15H14BrN3O5. The van der Waals surface area contributed by atoms with E-state index >= 15 is 0 Å². The van der Waals surface area contributed by atoms with Gasteiger partial charge in [0, 0.05) is 0 Å². The minimum atomic E-state index is -1.24. The lowest BCUT2D eigenvalue weighted by Gasteiger charge is -2.13. The van der Waals surface area contributed by atoms with E-state index in [0.29, 0.717) is 6.61 Å². The molecule has 0 radical (unpaired) electrons. The lowest BCUT2D eigenvalue weighted by atomic mass is 10.2. The van der Waals surface area contributed by atoms with Crippen molar-refractivity contribution in [2.75, 3.05) is 18.1 Å². The summed E-state index contributed by atoms with van der Waals surface area (Å²) in [5.74, 6) is -1.18. The highest BCUT2D eigenvalue weighted by Gasteiger charge is 2.39. The molecule has 1 amide bonds. The zero-order valence-corrected chi connectivity index (χ0v) is 14.0. The van der Waals surface area contributed by atoms with E-state index in [1.54, 1.807) is 0 Å². The highest BCUT2D eigenvalue weighted by atomic mass is 79.9. The van der Waals surface area contributed by atoms with E-state index < -0.39 is 12.1 Å². The number of fused-ring (bicyclic) bond motifs is 1. The summed E-state index contributed by atoms with van der Waals surface area (Å²) >= 11 is 3.08. The fraction of sp³-hybridized carbons (Fsp3) is 0.267. The molecule has 0 aliphatic carbocycles. The third-order valence-electron chi connectivity index (χ3n) is 3.70. The Morgan fingerprint density at radius 2 is 2.00 bits per heavy atom. The largest absolute Gasteiger partial charge is 0.477 e. The number of hydrogen-bond acceptors (Lipinski definition) is 4. The van der Waals surface area contributed by atoms with E-state index in [1.807, 2.05) is 30.3 Å². The van der Waals surface area contributed by atoms with Crippen LogP contribution in [0.25, 0.3) is 0 Å². The number of carbonyl (C=O) groups is 2. The lowest BCUT2D eigenvalue weighted by Crippen LogP contribution is -2.30. The van der Waals surface area contributed by atoms with Gasteiger partial charge in [0.1, 0.15) is 10.2 Å². The first-order chi connectivity index (χ1) is 11.5. The molecule has 3 rings (SSSR count). The molecule has 9 heteroatoms. The number of anilines is 1. The molecule has 2 aromatic rings. The van der Waals surface area contributed by atoms with Crippen LogP contribution in [0.15, 0.2) is 34.9 Å². The first-order valence-corrected chi connectivity index (χ1v) is 7.91. The number of hydrogen-bond donors (Lipinski definition) is 2. The average Bonchev–Trinajstić information content (AvgIpc) is 3.04. The summed E-state index contributed by atoms with van der Waals surface area (Å²) < 4.78 is 7.15. The Balaban J connectivity index is 1.78. The van der Waals surface area contributed by atoms with Crippen molar-refractivity contribution < 1.29 is 24.5 Å². The van der Waals surface area contributed by atoms with Gasteiger partial charge in [-0.3, -0.25) is 4.90 Å². The van der Waals surface area contributed by atoms with Crippen LogP contribution < -0.4 is 4.90 Å². The maximum Gasteiger partial charge on any atom is 0.413 e. The second-order valence-corrected chi connectivity index (χ2v) is 6.04. The van der Waals surface area contributed by atoms with Crippen LogP contribution in [0.2, 0.25) is 0 Å². The van der Waals surface area contributed by atoms with Crippen molar-refractivity contribution in [3.05, 3.63) is 46.1 Å². The molecule has 0 fully saturated rings. The number of halogens is 1. The molecule has 0 spiro atoms. The topological polar surface area (TPSA) is 105 Å². The van der Waals surface area contributed by atoms with Crippen molar-refractivity contribution in [2.24, 2.45) is 0 Å². The highest BCUT2D eigenvalue weighted by molar-refractivity contribution is 9.10. The normalized spacial score (nSPS) is 16.2. The highest BCUT2D eigenvalue weighted by Crippen LogP contribution is 2.36. The minimum Gasteiger partial charge on any atom is -0.477 e. The first kappa shape index (κ1) is 16.5. The van der Waals surface area contributed by atoms with Crippen LogP contribution in [0.3, 0.4) is 0 Å². The van der Waals surface area contributed by atoms with Crippen molar-refractivity contribution in [3.63, 3.8) is 0 Å². The van der Waals surface area contributed by atoms with E-state index in [-0.39, 0.29) is 35.2 Å². The van der Waals surface area contributed by atoms with Crippen LogP contribution in [-0.4, -0.2) is 45.2 Å². The molecule has 8 nitrogen and oxygen atoms in total. The van der Waals surface area contributed by atoms with Gasteiger partial charge in [-0.05, 0) is 21.5 Å². The van der Waals surface area contributed by atoms with Gasteiger partial charge in [0.2, 0.25) is 0 Å². The summed E-state index contributed by atoms with van der Waals surface area (Å²) in [5, 5.41) is 22.7. The maximum atomic E-state index is 11.4. The Hall–Kier alpha value is -2.39. The SMILES string of the molecule is O=C(O)c1c(Br)nn2c1N(C(=O)O)CC2COCc1ccccc1. The number of carboxylic acids is 1. The molecule has 1 unspecified atom stereocenters. The summed E-state index contributed by atoms with van der Waals surface area (Å²) in [6.45, 7) is 0.701. The van der Waals surface area contributed by atoms with Gasteiger partial charge in [-0.15, -0.1) is 0 Å². The van der Waals surface area contributed by atoms with Crippen LogP contribution in [0.4, 0.5) is 10.6 Å². The van der Waals surface area contributed by atoms with Crippen LogP contribution >= 0.6 is 15.9 Å². The molecule has 126 valence electrons. The Kier molecular flexibility index (Phi) is 4.54. The molecule has 0 saturated carbocycles. The smallest absolute Gasteiger partial charge is 0.413 e. The zero-order chi connectivity index (χ0) is 17.3. The van der Waals surface area contributed by atoms with Gasteiger partial charge in [0.25, 0.3) is 0 Å². The monoisotopic (exact) mass is 395 g/mol. The van der Waals surface area contributed by atoms with Gasteiger partial charge in [-0.2, -0.15) is 5.10 Å². The van der Waals surface area contributed by atoms with Gasteiger partial charge in [-0.1, -0.05) is 30.3 Å². The van der Waals surface area contributed by atoms with Crippen LogP contribution in [0, 0.1) is 0 Å². The van der Waals surface area contributed by atoms with Crippen molar-refractivity contribution in [3.8, 4) is 0 Å². The fourth-order valence-electron chi connectivity index (χ4n) is 2.65. The Bertz CT molecular complexity index is 777. The number of aromatic carboxylic acids is 1. The third kappa shape index (κ3) is 3.00. The molecule has 1 aliphatic heterocycles. The third-order valence-corrected chi connectivity index (χ3v) is 4.26. The van der Waals surface area contributed by atoms with E-state index in [1.165, 1.54) is 4.68 Å². The molecule has 0 bridgehead atoms. The number of carboxylic acid groups (broad SMARTS) is 2.